The molecular formula is C23H19ClN4. The predicted octanol–water partition coefficient (Wildman–Crippen LogP) is 3.30. The molecule has 0 atom stereocenters. The number of rotatable bonds is 4. The van der Waals surface area contributed by atoms with E-state index in [1.807, 2.05) is 65.3 Å². The Balaban J connectivity index is 1.73. The van der Waals surface area contributed by atoms with Crippen molar-refractivity contribution in [2.24, 2.45) is 5.73 Å². The number of halogens is 1. The molecule has 4 rings (SSSR count). The maximum absolute atomic E-state index is 5.99. The van der Waals surface area contributed by atoms with Crippen LogP contribution < -0.4 is 16.2 Å². The number of hydrogen-bond acceptors (Lipinski definition) is 3. The maximum atomic E-state index is 5.99. The van der Waals surface area contributed by atoms with Gasteiger partial charge >= 0.3 is 0 Å². The lowest BCUT2D eigenvalue weighted by molar-refractivity contribution is 0.875. The van der Waals surface area contributed by atoms with E-state index in [4.69, 9.17) is 22.4 Å². The SMILES string of the molecule is C=c1ccc(Cc2cnc3ccc(-c4ccc(Cl)cc4)nn23)c/c1=C/C=C\N. The molecule has 4 nitrogen and oxygen atoms in total. The number of allylic oxidation sites excluding steroid dienone is 1. The minimum Gasteiger partial charge on any atom is -0.405 e. The van der Waals surface area contributed by atoms with E-state index in [2.05, 4.69) is 23.7 Å². The largest absolute Gasteiger partial charge is 0.405 e. The van der Waals surface area contributed by atoms with Gasteiger partial charge in [0.05, 0.1) is 17.6 Å². The van der Waals surface area contributed by atoms with Crippen LogP contribution in [0.3, 0.4) is 0 Å². The van der Waals surface area contributed by atoms with Crippen molar-refractivity contribution < 1.29 is 0 Å². The quantitative estimate of drug-likeness (QED) is 0.585. The Bertz CT molecular complexity index is 1270. The van der Waals surface area contributed by atoms with Gasteiger partial charge in [-0.2, -0.15) is 5.10 Å². The third kappa shape index (κ3) is 3.68. The normalized spacial score (nSPS) is 12.2. The molecule has 0 saturated carbocycles. The van der Waals surface area contributed by atoms with Gasteiger partial charge in [0.2, 0.25) is 0 Å². The molecule has 0 saturated heterocycles. The first kappa shape index (κ1) is 18.0. The van der Waals surface area contributed by atoms with E-state index in [0.29, 0.717) is 11.4 Å². The molecule has 0 aliphatic rings. The molecule has 2 aromatic heterocycles. The molecule has 0 unspecified atom stereocenters. The van der Waals surface area contributed by atoms with Crippen molar-refractivity contribution in [1.29, 1.82) is 0 Å². The van der Waals surface area contributed by atoms with Crippen molar-refractivity contribution in [3.8, 4) is 11.3 Å². The summed E-state index contributed by atoms with van der Waals surface area (Å²) in [7, 11) is 0. The predicted molar refractivity (Wildman–Crippen MR) is 115 cm³/mol. The van der Waals surface area contributed by atoms with E-state index in [-0.39, 0.29) is 0 Å². The van der Waals surface area contributed by atoms with E-state index in [0.717, 1.165) is 38.6 Å². The third-order valence-electron chi connectivity index (χ3n) is 4.56. The highest BCUT2D eigenvalue weighted by molar-refractivity contribution is 6.30. The van der Waals surface area contributed by atoms with Gasteiger partial charge in [-0.25, -0.2) is 9.50 Å². The molecule has 0 fully saturated rings. The topological polar surface area (TPSA) is 56.2 Å². The molecule has 138 valence electrons. The maximum Gasteiger partial charge on any atom is 0.153 e. The van der Waals surface area contributed by atoms with Gasteiger partial charge < -0.3 is 5.73 Å². The van der Waals surface area contributed by atoms with Gasteiger partial charge in [0, 0.05) is 17.0 Å². The molecule has 2 N–H and O–H groups in total. The van der Waals surface area contributed by atoms with Crippen LogP contribution in [0.5, 0.6) is 0 Å². The summed E-state index contributed by atoms with van der Waals surface area (Å²) in [4.78, 5) is 4.48. The zero-order valence-corrected chi connectivity index (χ0v) is 16.0. The second kappa shape index (κ2) is 7.71. The fraction of sp³-hybridized carbons (Fsp3) is 0.0435. The Kier molecular flexibility index (Phi) is 4.96. The van der Waals surface area contributed by atoms with E-state index >= 15 is 0 Å². The summed E-state index contributed by atoms with van der Waals surface area (Å²) >= 11 is 5.99. The average Bonchev–Trinajstić information content (AvgIpc) is 3.11. The average molecular weight is 387 g/mol. The summed E-state index contributed by atoms with van der Waals surface area (Å²) in [6, 6.07) is 17.8. The van der Waals surface area contributed by atoms with Crippen molar-refractivity contribution in [2.75, 3.05) is 0 Å². The van der Waals surface area contributed by atoms with Crippen molar-refractivity contribution in [2.45, 2.75) is 6.42 Å². The van der Waals surface area contributed by atoms with Crippen LogP contribution in [0.25, 0.3) is 29.6 Å². The molecule has 5 heteroatoms. The molecule has 0 aliphatic carbocycles. The first-order valence-electron chi connectivity index (χ1n) is 8.90. The van der Waals surface area contributed by atoms with Crippen LogP contribution in [0, 0.1) is 0 Å². The molecule has 0 spiro atoms. The number of benzene rings is 2. The van der Waals surface area contributed by atoms with Gasteiger partial charge in [-0.05, 0) is 52.5 Å². The minimum absolute atomic E-state index is 0.707. The van der Waals surface area contributed by atoms with Crippen LogP contribution in [-0.2, 0) is 6.42 Å². The van der Waals surface area contributed by atoms with Gasteiger partial charge in [-0.1, -0.05) is 54.6 Å². The Morgan fingerprint density at radius 2 is 1.89 bits per heavy atom. The fourth-order valence-electron chi connectivity index (χ4n) is 3.09. The molecule has 0 amide bonds. The third-order valence-corrected chi connectivity index (χ3v) is 4.81. The van der Waals surface area contributed by atoms with Gasteiger partial charge in [-0.15, -0.1) is 0 Å². The highest BCUT2D eigenvalue weighted by atomic mass is 35.5. The van der Waals surface area contributed by atoms with Crippen LogP contribution in [0.2, 0.25) is 5.02 Å². The van der Waals surface area contributed by atoms with Gasteiger partial charge in [-0.3, -0.25) is 0 Å². The van der Waals surface area contributed by atoms with Crippen LogP contribution in [-0.4, -0.2) is 14.6 Å². The summed E-state index contributed by atoms with van der Waals surface area (Å²) < 4.78 is 1.89. The summed E-state index contributed by atoms with van der Waals surface area (Å²) in [5.74, 6) is 0. The van der Waals surface area contributed by atoms with Crippen LogP contribution in [0.1, 0.15) is 11.3 Å². The number of nitrogens with zero attached hydrogens (tertiary/aromatic N) is 3. The zero-order chi connectivity index (χ0) is 19.5. The summed E-state index contributed by atoms with van der Waals surface area (Å²) in [6.45, 7) is 4.07. The summed E-state index contributed by atoms with van der Waals surface area (Å²) in [6.07, 6.45) is 7.86. The second-order valence-electron chi connectivity index (χ2n) is 6.51. The molecule has 0 bridgehead atoms. The first-order valence-corrected chi connectivity index (χ1v) is 9.28. The highest BCUT2D eigenvalue weighted by Gasteiger charge is 2.08. The Morgan fingerprint density at radius 1 is 1.07 bits per heavy atom. The van der Waals surface area contributed by atoms with Crippen LogP contribution >= 0.6 is 11.6 Å². The number of nitrogens with two attached hydrogens (primary N) is 1. The lowest BCUT2D eigenvalue weighted by Gasteiger charge is -2.05. The molecule has 2 aromatic carbocycles. The van der Waals surface area contributed by atoms with E-state index in [1.54, 1.807) is 0 Å². The van der Waals surface area contributed by atoms with E-state index in [9.17, 15) is 0 Å². The Morgan fingerprint density at radius 3 is 2.68 bits per heavy atom. The van der Waals surface area contributed by atoms with Crippen molar-refractivity contribution in [3.05, 3.63) is 99.8 Å². The molecule has 2 heterocycles. The second-order valence-corrected chi connectivity index (χ2v) is 6.94. The molecule has 0 radical (unpaired) electrons. The highest BCUT2D eigenvalue weighted by Crippen LogP contribution is 2.20. The van der Waals surface area contributed by atoms with Gasteiger partial charge in [0.1, 0.15) is 0 Å². The first-order chi connectivity index (χ1) is 13.6. The van der Waals surface area contributed by atoms with Crippen molar-refractivity contribution >= 4 is 29.9 Å². The monoisotopic (exact) mass is 386 g/mol. The minimum atomic E-state index is 0.707. The Labute approximate surface area is 167 Å². The molecule has 0 aliphatic heterocycles. The van der Waals surface area contributed by atoms with Crippen LogP contribution in [0.4, 0.5) is 0 Å². The Hall–Kier alpha value is -3.37. The summed E-state index contributed by atoms with van der Waals surface area (Å²) in [5.41, 5.74) is 10.3. The van der Waals surface area contributed by atoms with E-state index in [1.165, 1.54) is 6.20 Å². The smallest absolute Gasteiger partial charge is 0.153 e. The zero-order valence-electron chi connectivity index (χ0n) is 15.2. The fourth-order valence-corrected chi connectivity index (χ4v) is 3.22. The van der Waals surface area contributed by atoms with E-state index < -0.39 is 0 Å². The molecular weight excluding hydrogens is 368 g/mol. The lowest BCUT2D eigenvalue weighted by Crippen LogP contribution is -2.23. The number of aromatic nitrogens is 3. The van der Waals surface area contributed by atoms with Crippen molar-refractivity contribution in [1.82, 2.24) is 14.6 Å². The molecule has 4 aromatic rings. The summed E-state index contributed by atoms with van der Waals surface area (Å²) in [5, 5.41) is 7.50. The van der Waals surface area contributed by atoms with Crippen molar-refractivity contribution in [3.63, 3.8) is 0 Å². The number of imidazole rings is 1. The molecule has 28 heavy (non-hydrogen) atoms. The van der Waals surface area contributed by atoms with Gasteiger partial charge in [0.15, 0.2) is 5.65 Å². The number of hydrogen-bond donors (Lipinski definition) is 1. The van der Waals surface area contributed by atoms with Crippen LogP contribution in [0.15, 0.2) is 73.1 Å². The van der Waals surface area contributed by atoms with Gasteiger partial charge in [0.25, 0.3) is 0 Å². The standard InChI is InChI=1S/C23H19ClN4/c1-16-4-5-17(13-19(16)3-2-12-25)14-21-15-26-23-11-10-22(27-28(21)23)18-6-8-20(24)9-7-18/h2-13,15H,1,14,25H2/b12-2-,19-3-. The number of fused-ring (bicyclic) bond motifs is 1. The lowest BCUT2D eigenvalue weighted by atomic mass is 10.1.